The van der Waals surface area contributed by atoms with Crippen LogP contribution in [0.2, 0.25) is 0 Å². The molecule has 1 aliphatic heterocycles. The number of aliphatic imine (C=N–C) groups is 1. The van der Waals surface area contributed by atoms with E-state index in [0.717, 1.165) is 12.8 Å². The monoisotopic (exact) mass is 125 g/mol. The molecule has 3 nitrogen and oxygen atoms in total. The Balaban J connectivity index is 2.34. The van der Waals surface area contributed by atoms with Crippen molar-refractivity contribution in [3.05, 3.63) is 0 Å². The number of rotatable bonds is 0. The van der Waals surface area contributed by atoms with Crippen LogP contribution in [0.3, 0.4) is 0 Å². The SMILES string of the molecule is CC1=NC2(CC2)C(=O)O1. The van der Waals surface area contributed by atoms with E-state index in [0.29, 0.717) is 5.90 Å². The molecule has 0 bridgehead atoms. The van der Waals surface area contributed by atoms with Crippen molar-refractivity contribution in [3.63, 3.8) is 0 Å². The summed E-state index contributed by atoms with van der Waals surface area (Å²) in [5, 5.41) is 0. The molecule has 0 aromatic carbocycles. The Morgan fingerprint density at radius 3 is 2.56 bits per heavy atom. The van der Waals surface area contributed by atoms with Crippen molar-refractivity contribution in [1.29, 1.82) is 0 Å². The van der Waals surface area contributed by atoms with Gasteiger partial charge in [0.05, 0.1) is 0 Å². The van der Waals surface area contributed by atoms with E-state index >= 15 is 0 Å². The third kappa shape index (κ3) is 0.515. The summed E-state index contributed by atoms with van der Waals surface area (Å²) in [5.74, 6) is 0.373. The summed E-state index contributed by atoms with van der Waals surface area (Å²) in [6.45, 7) is 1.71. The lowest BCUT2D eigenvalue weighted by atomic mass is 10.3. The van der Waals surface area contributed by atoms with Crippen molar-refractivity contribution in [2.45, 2.75) is 25.3 Å². The van der Waals surface area contributed by atoms with Gasteiger partial charge in [-0.2, -0.15) is 0 Å². The average molecular weight is 125 g/mol. The summed E-state index contributed by atoms with van der Waals surface area (Å²) in [5.41, 5.74) is -0.399. The minimum Gasteiger partial charge on any atom is -0.410 e. The molecule has 0 radical (unpaired) electrons. The molecule has 1 fully saturated rings. The molecule has 9 heavy (non-hydrogen) atoms. The predicted octanol–water partition coefficient (Wildman–Crippen LogP) is 0.494. The maximum atomic E-state index is 10.8. The molecule has 2 rings (SSSR count). The molecule has 1 spiro atoms. The number of ether oxygens (including phenoxy) is 1. The van der Waals surface area contributed by atoms with Gasteiger partial charge in [-0.1, -0.05) is 0 Å². The molecule has 0 N–H and O–H groups in total. The van der Waals surface area contributed by atoms with Crippen LogP contribution < -0.4 is 0 Å². The number of carbonyl (C=O) groups excluding carboxylic acids is 1. The second-order valence-electron chi connectivity index (χ2n) is 2.55. The van der Waals surface area contributed by atoms with Crippen molar-refractivity contribution >= 4 is 11.9 Å². The van der Waals surface area contributed by atoms with Gasteiger partial charge in [-0.05, 0) is 12.8 Å². The van der Waals surface area contributed by atoms with Gasteiger partial charge in [0.25, 0.3) is 0 Å². The Kier molecular flexibility index (Phi) is 0.648. The van der Waals surface area contributed by atoms with E-state index < -0.39 is 5.54 Å². The van der Waals surface area contributed by atoms with E-state index in [9.17, 15) is 4.79 Å². The topological polar surface area (TPSA) is 38.7 Å². The molecule has 0 atom stereocenters. The van der Waals surface area contributed by atoms with Crippen molar-refractivity contribution < 1.29 is 9.53 Å². The minimum absolute atomic E-state index is 0.153. The van der Waals surface area contributed by atoms with Crippen LogP contribution in [0.5, 0.6) is 0 Å². The zero-order chi connectivity index (χ0) is 6.48. The first kappa shape index (κ1) is 4.97. The molecule has 1 aliphatic carbocycles. The van der Waals surface area contributed by atoms with E-state index in [1.54, 1.807) is 6.92 Å². The molecule has 0 unspecified atom stereocenters. The molecule has 1 saturated carbocycles. The van der Waals surface area contributed by atoms with Crippen molar-refractivity contribution in [2.24, 2.45) is 4.99 Å². The van der Waals surface area contributed by atoms with E-state index in [1.807, 2.05) is 0 Å². The van der Waals surface area contributed by atoms with Crippen LogP contribution in [0.15, 0.2) is 4.99 Å². The Labute approximate surface area is 52.7 Å². The van der Waals surface area contributed by atoms with Gasteiger partial charge in [-0.3, -0.25) is 0 Å². The summed E-state index contributed by atoms with van der Waals surface area (Å²) in [4.78, 5) is 14.9. The summed E-state index contributed by atoms with van der Waals surface area (Å²) in [6, 6.07) is 0. The standard InChI is InChI=1S/C6H7NO2/c1-4-7-6(2-3-6)5(8)9-4/h2-3H2,1H3. The van der Waals surface area contributed by atoms with Crippen LogP contribution in [-0.2, 0) is 9.53 Å². The fraction of sp³-hybridized carbons (Fsp3) is 0.667. The van der Waals surface area contributed by atoms with Crippen LogP contribution in [0.4, 0.5) is 0 Å². The van der Waals surface area contributed by atoms with E-state index in [4.69, 9.17) is 4.74 Å². The third-order valence-corrected chi connectivity index (χ3v) is 1.72. The van der Waals surface area contributed by atoms with E-state index in [2.05, 4.69) is 4.99 Å². The van der Waals surface area contributed by atoms with Gasteiger partial charge >= 0.3 is 5.97 Å². The van der Waals surface area contributed by atoms with Crippen LogP contribution in [0.1, 0.15) is 19.8 Å². The summed E-state index contributed by atoms with van der Waals surface area (Å²) in [6.07, 6.45) is 1.76. The number of cyclic esters (lactones) is 1. The highest BCUT2D eigenvalue weighted by atomic mass is 16.6. The fourth-order valence-corrected chi connectivity index (χ4v) is 1.03. The second-order valence-corrected chi connectivity index (χ2v) is 2.55. The van der Waals surface area contributed by atoms with Crippen molar-refractivity contribution in [3.8, 4) is 0 Å². The molecular formula is C6H7NO2. The highest BCUT2D eigenvalue weighted by molar-refractivity contribution is 6.00. The molecule has 0 aromatic heterocycles. The molecule has 1 heterocycles. The highest BCUT2D eigenvalue weighted by Gasteiger charge is 2.55. The molecule has 0 amide bonds. The first-order valence-electron chi connectivity index (χ1n) is 3.02. The average Bonchev–Trinajstić information content (AvgIpc) is 2.42. The first-order valence-corrected chi connectivity index (χ1v) is 3.02. The van der Waals surface area contributed by atoms with Crippen LogP contribution in [0.25, 0.3) is 0 Å². The van der Waals surface area contributed by atoms with Crippen LogP contribution >= 0.6 is 0 Å². The predicted molar refractivity (Wildman–Crippen MR) is 31.2 cm³/mol. The number of carbonyl (C=O) groups is 1. The molecule has 3 heteroatoms. The summed E-state index contributed by atoms with van der Waals surface area (Å²) in [7, 11) is 0. The van der Waals surface area contributed by atoms with Gasteiger partial charge in [0, 0.05) is 6.92 Å². The molecule has 2 aliphatic rings. The van der Waals surface area contributed by atoms with Crippen LogP contribution in [-0.4, -0.2) is 17.4 Å². The van der Waals surface area contributed by atoms with E-state index in [-0.39, 0.29) is 5.97 Å². The third-order valence-electron chi connectivity index (χ3n) is 1.72. The normalized spacial score (nSPS) is 28.1. The zero-order valence-electron chi connectivity index (χ0n) is 5.18. The Bertz CT molecular complexity index is 203. The van der Waals surface area contributed by atoms with Gasteiger partial charge < -0.3 is 4.74 Å². The van der Waals surface area contributed by atoms with Crippen molar-refractivity contribution in [1.82, 2.24) is 0 Å². The largest absolute Gasteiger partial charge is 0.410 e. The van der Waals surface area contributed by atoms with Gasteiger partial charge in [0.2, 0.25) is 0 Å². The lowest BCUT2D eigenvalue weighted by molar-refractivity contribution is -0.135. The van der Waals surface area contributed by atoms with Crippen molar-refractivity contribution in [2.75, 3.05) is 0 Å². The van der Waals surface area contributed by atoms with Gasteiger partial charge in [0.1, 0.15) is 0 Å². The maximum Gasteiger partial charge on any atom is 0.340 e. The number of esters is 1. The first-order chi connectivity index (χ1) is 4.23. The Morgan fingerprint density at radius 1 is 1.67 bits per heavy atom. The lowest BCUT2D eigenvalue weighted by Crippen LogP contribution is -2.15. The molecular weight excluding hydrogens is 118 g/mol. The fourth-order valence-electron chi connectivity index (χ4n) is 1.03. The zero-order valence-corrected chi connectivity index (χ0v) is 5.18. The minimum atomic E-state index is -0.399. The number of hydrogen-bond acceptors (Lipinski definition) is 3. The summed E-state index contributed by atoms with van der Waals surface area (Å²) < 4.78 is 4.75. The quantitative estimate of drug-likeness (QED) is 0.442. The molecule has 0 aromatic rings. The number of hydrogen-bond donors (Lipinski definition) is 0. The van der Waals surface area contributed by atoms with E-state index in [1.165, 1.54) is 0 Å². The lowest BCUT2D eigenvalue weighted by Gasteiger charge is -1.92. The summed E-state index contributed by atoms with van der Waals surface area (Å²) >= 11 is 0. The Morgan fingerprint density at radius 2 is 2.33 bits per heavy atom. The maximum absolute atomic E-state index is 10.8. The van der Waals surface area contributed by atoms with Gasteiger partial charge in [0.15, 0.2) is 11.4 Å². The van der Waals surface area contributed by atoms with Gasteiger partial charge in [-0.25, -0.2) is 9.79 Å². The number of nitrogens with zero attached hydrogens (tertiary/aromatic N) is 1. The highest BCUT2D eigenvalue weighted by Crippen LogP contribution is 2.43. The Hall–Kier alpha value is -0.860. The van der Waals surface area contributed by atoms with Gasteiger partial charge in [-0.15, -0.1) is 0 Å². The smallest absolute Gasteiger partial charge is 0.340 e. The van der Waals surface area contributed by atoms with Crippen LogP contribution in [0, 0.1) is 0 Å². The second kappa shape index (κ2) is 1.17. The molecule has 0 saturated heterocycles. The molecule has 48 valence electrons.